The number of fused-ring (bicyclic) bond motifs is 5. The highest BCUT2D eigenvalue weighted by molar-refractivity contribution is 7.20. The van der Waals surface area contributed by atoms with E-state index in [4.69, 9.17) is 9.15 Å². The largest absolute Gasteiger partial charge is 0.464 e. The average molecular weight is 449 g/mol. The van der Waals surface area contributed by atoms with Crippen LogP contribution in [-0.2, 0) is 11.3 Å². The van der Waals surface area contributed by atoms with E-state index in [1.807, 2.05) is 35.2 Å². The minimum atomic E-state index is 0.127. The molecule has 3 saturated heterocycles. The molecule has 0 spiro atoms. The van der Waals surface area contributed by atoms with Crippen LogP contribution in [0, 0.1) is 5.92 Å². The van der Waals surface area contributed by atoms with E-state index in [9.17, 15) is 4.79 Å². The van der Waals surface area contributed by atoms with Crippen LogP contribution in [-0.4, -0.2) is 51.4 Å². The third kappa shape index (κ3) is 3.53. The highest BCUT2D eigenvalue weighted by Crippen LogP contribution is 2.35. The van der Waals surface area contributed by atoms with Crippen LogP contribution in [0.1, 0.15) is 25.3 Å². The topological polar surface area (TPSA) is 71.7 Å². The van der Waals surface area contributed by atoms with Crippen molar-refractivity contribution in [3.05, 3.63) is 48.4 Å². The van der Waals surface area contributed by atoms with Gasteiger partial charge < -0.3 is 19.0 Å². The van der Waals surface area contributed by atoms with E-state index in [1.165, 1.54) is 24.2 Å². The van der Waals surface area contributed by atoms with Crippen molar-refractivity contribution in [1.29, 1.82) is 0 Å². The number of hydrogen-bond acceptors (Lipinski definition) is 7. The zero-order chi connectivity index (χ0) is 21.7. The summed E-state index contributed by atoms with van der Waals surface area (Å²) in [7, 11) is 0. The first kappa shape index (κ1) is 19.7. The zero-order valence-electron chi connectivity index (χ0n) is 17.9. The summed E-state index contributed by atoms with van der Waals surface area (Å²) in [5, 5.41) is 1.56. The third-order valence-corrected chi connectivity index (χ3v) is 7.63. The molecule has 3 aliphatic rings. The normalized spacial score (nSPS) is 22.5. The Morgan fingerprint density at radius 2 is 2.19 bits per heavy atom. The predicted octanol–water partition coefficient (Wildman–Crippen LogP) is 4.67. The van der Waals surface area contributed by atoms with Gasteiger partial charge in [0.15, 0.2) is 5.65 Å². The summed E-state index contributed by atoms with van der Waals surface area (Å²) < 4.78 is 12.8. The Labute approximate surface area is 189 Å². The maximum absolute atomic E-state index is 12.6. The van der Waals surface area contributed by atoms with Gasteiger partial charge in [-0.25, -0.2) is 4.98 Å². The standard InChI is InChI=1S/C24H24N4O3S/c1-15(29)28(20-13-27-9-6-16(20)7-10-27)12-17-14-30-21-11-18(4-5-19(17)21)31-24-26-23-22(32-24)3-2-8-25-23/h2-5,8,11,14,16,20H,6-7,9-10,12-13H2,1H3. The van der Waals surface area contributed by atoms with Gasteiger partial charge in [0.05, 0.1) is 11.0 Å². The van der Waals surface area contributed by atoms with Gasteiger partial charge in [-0.1, -0.05) is 11.3 Å². The summed E-state index contributed by atoms with van der Waals surface area (Å²) >= 11 is 1.46. The van der Waals surface area contributed by atoms with Crippen LogP contribution in [0.2, 0.25) is 0 Å². The summed E-state index contributed by atoms with van der Waals surface area (Å²) in [4.78, 5) is 25.8. The molecule has 2 bridgehead atoms. The number of amides is 1. The van der Waals surface area contributed by atoms with Crippen molar-refractivity contribution in [2.75, 3.05) is 19.6 Å². The second kappa shape index (κ2) is 7.86. The molecule has 8 heteroatoms. The number of piperidine rings is 3. The molecular weight excluding hydrogens is 424 g/mol. The molecule has 1 amide bonds. The van der Waals surface area contributed by atoms with E-state index >= 15 is 0 Å². The van der Waals surface area contributed by atoms with Gasteiger partial charge in [0.25, 0.3) is 5.19 Å². The lowest BCUT2D eigenvalue weighted by molar-refractivity contribution is -0.136. The van der Waals surface area contributed by atoms with Crippen LogP contribution in [0.5, 0.6) is 10.9 Å². The number of hydrogen-bond donors (Lipinski definition) is 0. The number of thiazole rings is 1. The van der Waals surface area contributed by atoms with E-state index < -0.39 is 0 Å². The summed E-state index contributed by atoms with van der Waals surface area (Å²) in [6.45, 7) is 5.55. The van der Waals surface area contributed by atoms with Crippen molar-refractivity contribution in [3.8, 4) is 10.9 Å². The molecule has 1 unspecified atom stereocenters. The summed E-state index contributed by atoms with van der Waals surface area (Å²) in [5.41, 5.74) is 2.46. The molecule has 0 radical (unpaired) electrons. The molecule has 3 aromatic heterocycles. The molecular formula is C24H24N4O3S. The van der Waals surface area contributed by atoms with Crippen molar-refractivity contribution in [3.63, 3.8) is 0 Å². The van der Waals surface area contributed by atoms with Crippen molar-refractivity contribution < 1.29 is 13.9 Å². The predicted molar refractivity (Wildman–Crippen MR) is 123 cm³/mol. The Morgan fingerprint density at radius 3 is 2.94 bits per heavy atom. The zero-order valence-corrected chi connectivity index (χ0v) is 18.7. The maximum Gasteiger partial charge on any atom is 0.281 e. The van der Waals surface area contributed by atoms with Gasteiger partial charge in [0.2, 0.25) is 5.91 Å². The first-order valence-electron chi connectivity index (χ1n) is 11.0. The number of carbonyl (C=O) groups is 1. The molecule has 0 saturated carbocycles. The number of nitrogens with zero attached hydrogens (tertiary/aromatic N) is 4. The molecule has 32 heavy (non-hydrogen) atoms. The van der Waals surface area contributed by atoms with Crippen LogP contribution in [0.25, 0.3) is 21.3 Å². The van der Waals surface area contributed by atoms with Crippen LogP contribution in [0.15, 0.2) is 47.2 Å². The Kier molecular flexibility index (Phi) is 4.84. The molecule has 6 heterocycles. The molecule has 0 N–H and O–H groups in total. The molecule has 3 aliphatic heterocycles. The maximum atomic E-state index is 12.6. The lowest BCUT2D eigenvalue weighted by atomic mass is 9.83. The first-order chi connectivity index (χ1) is 15.6. The van der Waals surface area contributed by atoms with Gasteiger partial charge in [-0.2, -0.15) is 4.98 Å². The van der Waals surface area contributed by atoms with E-state index in [0.29, 0.717) is 29.1 Å². The van der Waals surface area contributed by atoms with E-state index in [0.717, 1.165) is 40.9 Å². The van der Waals surface area contributed by atoms with Crippen LogP contribution in [0.3, 0.4) is 0 Å². The molecule has 3 fully saturated rings. The van der Waals surface area contributed by atoms with Crippen molar-refractivity contribution in [2.24, 2.45) is 5.92 Å². The lowest BCUT2D eigenvalue weighted by Gasteiger charge is -2.48. The monoisotopic (exact) mass is 448 g/mol. The fraction of sp³-hybridized carbons (Fsp3) is 0.375. The number of ether oxygens (including phenoxy) is 1. The number of rotatable bonds is 5. The van der Waals surface area contributed by atoms with Crippen LogP contribution in [0.4, 0.5) is 0 Å². The number of aromatic nitrogens is 2. The van der Waals surface area contributed by atoms with Gasteiger partial charge >= 0.3 is 0 Å². The highest BCUT2D eigenvalue weighted by Gasteiger charge is 2.38. The Bertz CT molecular complexity index is 1260. The fourth-order valence-electron chi connectivity index (χ4n) is 5.08. The number of benzene rings is 1. The summed E-state index contributed by atoms with van der Waals surface area (Å²) in [6, 6.07) is 9.96. The van der Waals surface area contributed by atoms with Crippen LogP contribution < -0.4 is 4.74 Å². The quantitative estimate of drug-likeness (QED) is 0.442. The molecule has 7 rings (SSSR count). The van der Waals surface area contributed by atoms with Gasteiger partial charge in [0.1, 0.15) is 11.3 Å². The van der Waals surface area contributed by atoms with E-state index in [-0.39, 0.29) is 11.9 Å². The molecule has 1 atom stereocenters. The minimum absolute atomic E-state index is 0.127. The molecule has 7 nitrogen and oxygen atoms in total. The third-order valence-electron chi connectivity index (χ3n) is 6.74. The van der Waals surface area contributed by atoms with Gasteiger partial charge in [-0.3, -0.25) is 4.79 Å². The average Bonchev–Trinajstić information content (AvgIpc) is 3.41. The second-order valence-corrected chi connectivity index (χ2v) is 9.67. The number of carbonyl (C=O) groups excluding carboxylic acids is 1. The van der Waals surface area contributed by atoms with E-state index in [1.54, 1.807) is 19.4 Å². The molecule has 4 aromatic rings. The molecule has 164 valence electrons. The Balaban J connectivity index is 1.24. The SMILES string of the molecule is CC(=O)N(Cc1coc2cc(Oc3nc4ncccc4s3)ccc12)C1CN2CCC1CC2. The van der Waals surface area contributed by atoms with Crippen molar-refractivity contribution in [1.82, 2.24) is 19.8 Å². The second-order valence-electron chi connectivity index (χ2n) is 8.68. The molecule has 1 aromatic carbocycles. The smallest absolute Gasteiger partial charge is 0.281 e. The Morgan fingerprint density at radius 1 is 1.31 bits per heavy atom. The summed E-state index contributed by atoms with van der Waals surface area (Å²) in [6.07, 6.45) is 5.86. The van der Waals surface area contributed by atoms with Gasteiger partial charge in [-0.15, -0.1) is 0 Å². The first-order valence-corrected chi connectivity index (χ1v) is 11.8. The molecule has 0 aliphatic carbocycles. The number of furan rings is 1. The van der Waals surface area contributed by atoms with Gasteiger partial charge in [0, 0.05) is 49.3 Å². The Hall–Kier alpha value is -2.97. The summed E-state index contributed by atoms with van der Waals surface area (Å²) in [5.74, 6) is 1.39. The minimum Gasteiger partial charge on any atom is -0.464 e. The van der Waals surface area contributed by atoms with E-state index in [2.05, 4.69) is 14.9 Å². The highest BCUT2D eigenvalue weighted by atomic mass is 32.1. The fourth-order valence-corrected chi connectivity index (χ4v) is 5.87. The number of pyridine rings is 1. The van der Waals surface area contributed by atoms with Crippen LogP contribution >= 0.6 is 11.3 Å². The van der Waals surface area contributed by atoms with Crippen molar-refractivity contribution >= 4 is 38.6 Å². The van der Waals surface area contributed by atoms with Gasteiger partial charge in [-0.05, 0) is 56.1 Å². The lowest BCUT2D eigenvalue weighted by Crippen LogP contribution is -2.58. The van der Waals surface area contributed by atoms with Crippen molar-refractivity contribution in [2.45, 2.75) is 32.4 Å².